The molecule has 0 aliphatic heterocycles. The van der Waals surface area contributed by atoms with Crippen molar-refractivity contribution < 1.29 is 18.4 Å². The first-order chi connectivity index (χ1) is 15.2. The third kappa shape index (κ3) is 5.67. The van der Waals surface area contributed by atoms with Crippen LogP contribution in [-0.4, -0.2) is 11.9 Å². The minimum atomic E-state index is -0.637. The molecular formula is C22H17Br2F2N3O2S. The van der Waals surface area contributed by atoms with E-state index in [0.717, 1.165) is 9.87 Å². The molecule has 0 aliphatic rings. The molecule has 0 saturated carbocycles. The van der Waals surface area contributed by atoms with Crippen molar-refractivity contribution in [3.63, 3.8) is 0 Å². The molecule has 0 saturated heterocycles. The van der Waals surface area contributed by atoms with Gasteiger partial charge in [-0.15, -0.1) is 0 Å². The van der Waals surface area contributed by atoms with Crippen molar-refractivity contribution in [2.45, 2.75) is 13.0 Å². The molecule has 0 heterocycles. The molecule has 0 bridgehead atoms. The number of hydrogen-bond acceptors (Lipinski definition) is 3. The zero-order valence-corrected chi connectivity index (χ0v) is 20.6. The number of amides is 3. The minimum Gasteiger partial charge on any atom is -0.330 e. The van der Waals surface area contributed by atoms with Gasteiger partial charge in [0.1, 0.15) is 11.6 Å². The van der Waals surface area contributed by atoms with Gasteiger partial charge in [-0.2, -0.15) is 0 Å². The van der Waals surface area contributed by atoms with E-state index in [4.69, 9.17) is 0 Å². The van der Waals surface area contributed by atoms with Gasteiger partial charge in [-0.1, -0.05) is 37.1 Å². The number of nitrogens with one attached hydrogen (secondary N) is 2. The topological polar surface area (TPSA) is 61.4 Å². The standard InChI is InChI=1S/C22H17Br2F2N3O2S/c1-12(13-6-8-14(25)9-7-13)27-22(31)29(32)15-10-17(23)20(18(24)11-15)28-21(30)16-4-2-3-5-19(16)26/h2-12,32H,1H3,(H,27,31)(H,28,30). The summed E-state index contributed by atoms with van der Waals surface area (Å²) in [4.78, 5) is 25.1. The number of hydrogen-bond donors (Lipinski definition) is 3. The van der Waals surface area contributed by atoms with Gasteiger partial charge in [0, 0.05) is 8.95 Å². The lowest BCUT2D eigenvalue weighted by Gasteiger charge is -2.22. The zero-order chi connectivity index (χ0) is 23.4. The lowest BCUT2D eigenvalue weighted by Crippen LogP contribution is -2.35. The summed E-state index contributed by atoms with van der Waals surface area (Å²) in [5, 5.41) is 5.42. The monoisotopic (exact) mass is 583 g/mol. The third-order valence-electron chi connectivity index (χ3n) is 4.53. The predicted octanol–water partition coefficient (Wildman–Crippen LogP) is 6.86. The Morgan fingerprint density at radius 1 is 1.00 bits per heavy atom. The summed E-state index contributed by atoms with van der Waals surface area (Å²) in [6.07, 6.45) is 0. The number of carbonyl (C=O) groups excluding carboxylic acids is 2. The van der Waals surface area contributed by atoms with Crippen LogP contribution in [0, 0.1) is 11.6 Å². The van der Waals surface area contributed by atoms with E-state index in [2.05, 4.69) is 55.3 Å². The first kappa shape index (κ1) is 24.2. The van der Waals surface area contributed by atoms with Gasteiger partial charge in [-0.3, -0.25) is 4.79 Å². The molecule has 3 rings (SSSR count). The van der Waals surface area contributed by atoms with Crippen LogP contribution in [0.2, 0.25) is 0 Å². The lowest BCUT2D eigenvalue weighted by atomic mass is 10.1. The normalized spacial score (nSPS) is 11.6. The maximum atomic E-state index is 13.9. The van der Waals surface area contributed by atoms with E-state index >= 15 is 0 Å². The van der Waals surface area contributed by atoms with Gasteiger partial charge in [0.15, 0.2) is 0 Å². The predicted molar refractivity (Wildman–Crippen MR) is 131 cm³/mol. The molecular weight excluding hydrogens is 568 g/mol. The Balaban J connectivity index is 1.74. The van der Waals surface area contributed by atoms with Gasteiger partial charge in [0.2, 0.25) is 0 Å². The summed E-state index contributed by atoms with van der Waals surface area (Å²) < 4.78 is 29.0. The van der Waals surface area contributed by atoms with Crippen molar-refractivity contribution in [2.75, 3.05) is 9.62 Å². The Morgan fingerprint density at radius 3 is 2.19 bits per heavy atom. The highest BCUT2D eigenvalue weighted by Gasteiger charge is 2.20. The number of anilines is 2. The van der Waals surface area contributed by atoms with Crippen LogP contribution >= 0.6 is 44.7 Å². The molecule has 0 radical (unpaired) electrons. The fourth-order valence-corrected chi connectivity index (χ4v) is 4.36. The first-order valence-corrected chi connectivity index (χ1v) is 11.3. The largest absolute Gasteiger partial charge is 0.332 e. The summed E-state index contributed by atoms with van der Waals surface area (Å²) >= 11 is 11.0. The van der Waals surface area contributed by atoms with Crippen LogP contribution in [0.1, 0.15) is 28.9 Å². The molecule has 0 spiro atoms. The van der Waals surface area contributed by atoms with Crippen molar-refractivity contribution in [3.8, 4) is 0 Å². The number of urea groups is 1. The maximum Gasteiger partial charge on any atom is 0.332 e. The highest BCUT2D eigenvalue weighted by Crippen LogP contribution is 2.36. The van der Waals surface area contributed by atoms with Crippen LogP contribution in [0.3, 0.4) is 0 Å². The molecule has 32 heavy (non-hydrogen) atoms. The molecule has 0 fully saturated rings. The SMILES string of the molecule is CC(NC(=O)N(S)c1cc(Br)c(NC(=O)c2ccccc2F)c(Br)c1)c1ccc(F)cc1. The second-order valence-electron chi connectivity index (χ2n) is 6.75. The van der Waals surface area contributed by atoms with Crippen molar-refractivity contribution >= 4 is 68.0 Å². The van der Waals surface area contributed by atoms with Gasteiger partial charge in [-0.25, -0.2) is 17.9 Å². The van der Waals surface area contributed by atoms with Crippen LogP contribution in [0.5, 0.6) is 0 Å². The smallest absolute Gasteiger partial charge is 0.330 e. The Morgan fingerprint density at radius 2 is 1.59 bits per heavy atom. The Labute approximate surface area is 206 Å². The van der Waals surface area contributed by atoms with E-state index in [1.54, 1.807) is 37.3 Å². The summed E-state index contributed by atoms with van der Waals surface area (Å²) in [6.45, 7) is 1.76. The number of benzene rings is 3. The van der Waals surface area contributed by atoms with Crippen LogP contribution in [-0.2, 0) is 0 Å². The Hall–Kier alpha value is -2.43. The number of nitrogens with zero attached hydrogens (tertiary/aromatic N) is 1. The summed E-state index contributed by atoms with van der Waals surface area (Å²) in [5.74, 6) is -1.62. The van der Waals surface area contributed by atoms with Gasteiger partial charge in [0.05, 0.1) is 23.0 Å². The average Bonchev–Trinajstić information content (AvgIpc) is 2.76. The van der Waals surface area contributed by atoms with E-state index in [1.165, 1.54) is 30.3 Å². The minimum absolute atomic E-state index is 0.0969. The number of rotatable bonds is 5. The fourth-order valence-electron chi connectivity index (χ4n) is 2.83. The second-order valence-corrected chi connectivity index (χ2v) is 8.86. The highest BCUT2D eigenvalue weighted by atomic mass is 79.9. The van der Waals surface area contributed by atoms with E-state index in [0.29, 0.717) is 20.3 Å². The number of halogens is 4. The van der Waals surface area contributed by atoms with Crippen LogP contribution in [0.15, 0.2) is 69.6 Å². The fraction of sp³-hybridized carbons (Fsp3) is 0.0909. The molecule has 5 nitrogen and oxygen atoms in total. The van der Waals surface area contributed by atoms with Gasteiger partial charge in [0.25, 0.3) is 5.91 Å². The van der Waals surface area contributed by atoms with Crippen molar-refractivity contribution in [1.29, 1.82) is 0 Å². The van der Waals surface area contributed by atoms with Crippen molar-refractivity contribution in [1.82, 2.24) is 5.32 Å². The van der Waals surface area contributed by atoms with Gasteiger partial charge >= 0.3 is 6.03 Å². The molecule has 0 aliphatic carbocycles. The average molecular weight is 585 g/mol. The van der Waals surface area contributed by atoms with E-state index in [-0.39, 0.29) is 17.4 Å². The van der Waals surface area contributed by atoms with E-state index in [1.807, 2.05) is 0 Å². The molecule has 10 heteroatoms. The van der Waals surface area contributed by atoms with Crippen LogP contribution < -0.4 is 14.9 Å². The van der Waals surface area contributed by atoms with Crippen molar-refractivity contribution in [2.24, 2.45) is 0 Å². The van der Waals surface area contributed by atoms with Gasteiger partial charge in [-0.05, 0) is 80.7 Å². The Bertz CT molecular complexity index is 1140. The van der Waals surface area contributed by atoms with E-state index < -0.39 is 17.8 Å². The molecule has 2 N–H and O–H groups in total. The number of thiol groups is 1. The quantitative estimate of drug-likeness (QED) is 0.287. The van der Waals surface area contributed by atoms with Gasteiger partial charge < -0.3 is 10.6 Å². The molecule has 3 aromatic rings. The molecule has 0 aromatic heterocycles. The van der Waals surface area contributed by atoms with Crippen LogP contribution in [0.25, 0.3) is 0 Å². The number of carbonyl (C=O) groups is 2. The molecule has 1 unspecified atom stereocenters. The molecule has 166 valence electrons. The lowest BCUT2D eigenvalue weighted by molar-refractivity contribution is 0.102. The van der Waals surface area contributed by atoms with Crippen molar-refractivity contribution in [3.05, 3.63) is 92.4 Å². The summed E-state index contributed by atoms with van der Waals surface area (Å²) in [7, 11) is 0. The summed E-state index contributed by atoms with van der Waals surface area (Å²) in [6, 6.07) is 13.7. The van der Waals surface area contributed by atoms with Crippen LogP contribution in [0.4, 0.5) is 25.0 Å². The zero-order valence-electron chi connectivity index (χ0n) is 16.6. The molecule has 3 amide bonds. The summed E-state index contributed by atoms with van der Waals surface area (Å²) in [5.41, 5.74) is 1.40. The van der Waals surface area contributed by atoms with E-state index in [9.17, 15) is 18.4 Å². The maximum absolute atomic E-state index is 13.9. The molecule has 3 aromatic carbocycles. The second kappa shape index (κ2) is 10.5. The Kier molecular flexibility index (Phi) is 7.91. The first-order valence-electron chi connectivity index (χ1n) is 9.27. The third-order valence-corrected chi connectivity index (χ3v) is 6.19. The highest BCUT2D eigenvalue weighted by molar-refractivity contribution is 9.11. The molecule has 1 atom stereocenters.